The highest BCUT2D eigenvalue weighted by Gasteiger charge is 2.30. The summed E-state index contributed by atoms with van der Waals surface area (Å²) in [5, 5.41) is 13.2. The van der Waals surface area contributed by atoms with Crippen molar-refractivity contribution in [3.63, 3.8) is 0 Å². The Morgan fingerprint density at radius 1 is 1.38 bits per heavy atom. The van der Waals surface area contributed by atoms with Crippen LogP contribution in [0.15, 0.2) is 24.3 Å². The van der Waals surface area contributed by atoms with Crippen LogP contribution in [-0.4, -0.2) is 42.3 Å². The van der Waals surface area contributed by atoms with Gasteiger partial charge in [-0.1, -0.05) is 38.1 Å². The van der Waals surface area contributed by atoms with Crippen molar-refractivity contribution < 1.29 is 5.11 Å². The van der Waals surface area contributed by atoms with Crippen LogP contribution in [0.3, 0.4) is 0 Å². The topological polar surface area (TPSA) is 35.5 Å². The first-order valence-corrected chi connectivity index (χ1v) is 8.31. The third-order valence-electron chi connectivity index (χ3n) is 4.90. The molecule has 1 heterocycles. The first-order valence-electron chi connectivity index (χ1n) is 8.31. The molecule has 0 saturated carbocycles. The van der Waals surface area contributed by atoms with Crippen molar-refractivity contribution in [2.75, 3.05) is 26.2 Å². The summed E-state index contributed by atoms with van der Waals surface area (Å²) < 4.78 is 0. The Labute approximate surface area is 129 Å². The molecular formula is C18H30N2O. The quantitative estimate of drug-likeness (QED) is 0.810. The Kier molecular flexibility index (Phi) is 6.22. The highest BCUT2D eigenvalue weighted by Crippen LogP contribution is 2.26. The molecule has 0 aliphatic carbocycles. The Morgan fingerprint density at radius 2 is 2.14 bits per heavy atom. The van der Waals surface area contributed by atoms with Gasteiger partial charge in [0.15, 0.2) is 0 Å². The van der Waals surface area contributed by atoms with Crippen LogP contribution in [0.5, 0.6) is 0 Å². The fourth-order valence-corrected chi connectivity index (χ4v) is 3.55. The van der Waals surface area contributed by atoms with Crippen LogP contribution in [-0.2, 0) is 0 Å². The van der Waals surface area contributed by atoms with Gasteiger partial charge in [0, 0.05) is 18.6 Å². The van der Waals surface area contributed by atoms with Crippen LogP contribution in [0.25, 0.3) is 0 Å². The molecule has 2 rings (SSSR count). The molecule has 1 aliphatic heterocycles. The number of benzene rings is 1. The first kappa shape index (κ1) is 16.5. The molecule has 1 saturated heterocycles. The molecule has 0 radical (unpaired) electrons. The van der Waals surface area contributed by atoms with Gasteiger partial charge in [0.2, 0.25) is 0 Å². The summed E-state index contributed by atoms with van der Waals surface area (Å²) in [5.41, 5.74) is 2.77. The zero-order valence-electron chi connectivity index (χ0n) is 13.7. The van der Waals surface area contributed by atoms with E-state index >= 15 is 0 Å². The summed E-state index contributed by atoms with van der Waals surface area (Å²) >= 11 is 0. The first-order chi connectivity index (χ1) is 10.2. The molecule has 0 amide bonds. The smallest absolute Gasteiger partial charge is 0.0589 e. The third kappa shape index (κ3) is 4.06. The van der Waals surface area contributed by atoms with Gasteiger partial charge < -0.3 is 10.4 Å². The zero-order chi connectivity index (χ0) is 15.2. The molecule has 3 nitrogen and oxygen atoms in total. The molecule has 118 valence electrons. The van der Waals surface area contributed by atoms with E-state index in [1.165, 1.54) is 17.5 Å². The van der Waals surface area contributed by atoms with E-state index in [4.69, 9.17) is 0 Å². The van der Waals surface area contributed by atoms with Crippen molar-refractivity contribution in [3.8, 4) is 0 Å². The second-order valence-corrected chi connectivity index (χ2v) is 6.31. The van der Waals surface area contributed by atoms with Crippen molar-refractivity contribution in [3.05, 3.63) is 35.4 Å². The molecule has 0 aromatic heterocycles. The van der Waals surface area contributed by atoms with Gasteiger partial charge in [0.25, 0.3) is 0 Å². The lowest BCUT2D eigenvalue weighted by atomic mass is 9.98. The van der Waals surface area contributed by atoms with Crippen LogP contribution < -0.4 is 5.32 Å². The van der Waals surface area contributed by atoms with Gasteiger partial charge in [-0.15, -0.1) is 0 Å². The van der Waals surface area contributed by atoms with Gasteiger partial charge in [0.1, 0.15) is 0 Å². The monoisotopic (exact) mass is 290 g/mol. The van der Waals surface area contributed by atoms with E-state index in [0.29, 0.717) is 18.0 Å². The Morgan fingerprint density at radius 3 is 2.81 bits per heavy atom. The normalized spacial score (nSPS) is 24.4. The van der Waals surface area contributed by atoms with E-state index in [0.717, 1.165) is 26.1 Å². The minimum Gasteiger partial charge on any atom is -0.395 e. The van der Waals surface area contributed by atoms with E-state index in [1.807, 2.05) is 0 Å². The number of rotatable bonds is 7. The van der Waals surface area contributed by atoms with Crippen LogP contribution >= 0.6 is 0 Å². The molecule has 1 aliphatic rings. The predicted molar refractivity (Wildman–Crippen MR) is 88.4 cm³/mol. The van der Waals surface area contributed by atoms with Crippen molar-refractivity contribution in [1.82, 2.24) is 10.2 Å². The number of nitrogens with one attached hydrogen (secondary N) is 1. The van der Waals surface area contributed by atoms with E-state index in [9.17, 15) is 5.11 Å². The Hall–Kier alpha value is -0.900. The van der Waals surface area contributed by atoms with Crippen molar-refractivity contribution in [1.29, 1.82) is 0 Å². The highest BCUT2D eigenvalue weighted by molar-refractivity contribution is 5.28. The molecule has 0 spiro atoms. The van der Waals surface area contributed by atoms with Crippen molar-refractivity contribution >= 4 is 0 Å². The standard InChI is InChI=1S/C18H30N2O/c1-4-19-17(16-8-6-5-7-14(16)2)10-12-20-11-9-15(3)18(20)13-21/h5-8,15,17-19,21H,4,9-13H2,1-3H3. The minimum absolute atomic E-state index is 0.289. The summed E-state index contributed by atoms with van der Waals surface area (Å²) in [6.07, 6.45) is 2.31. The molecule has 21 heavy (non-hydrogen) atoms. The Balaban J connectivity index is 1.99. The lowest BCUT2D eigenvalue weighted by Crippen LogP contribution is -2.37. The lowest BCUT2D eigenvalue weighted by molar-refractivity contribution is 0.135. The third-order valence-corrected chi connectivity index (χ3v) is 4.90. The Bertz CT molecular complexity index is 435. The molecule has 0 bridgehead atoms. The molecule has 2 N–H and O–H groups in total. The maximum absolute atomic E-state index is 9.58. The average molecular weight is 290 g/mol. The molecule has 1 aromatic rings. The average Bonchev–Trinajstić information content (AvgIpc) is 2.84. The molecule has 3 unspecified atom stereocenters. The molecule has 1 fully saturated rings. The fraction of sp³-hybridized carbons (Fsp3) is 0.667. The van der Waals surface area contributed by atoms with Gasteiger partial charge in [-0.3, -0.25) is 4.90 Å². The van der Waals surface area contributed by atoms with Gasteiger partial charge in [-0.05, 0) is 49.9 Å². The molecular weight excluding hydrogens is 260 g/mol. The molecule has 1 aromatic carbocycles. The number of aliphatic hydroxyl groups is 1. The highest BCUT2D eigenvalue weighted by atomic mass is 16.3. The second-order valence-electron chi connectivity index (χ2n) is 6.31. The summed E-state index contributed by atoms with van der Waals surface area (Å²) in [5.74, 6) is 0.617. The van der Waals surface area contributed by atoms with E-state index < -0.39 is 0 Å². The SMILES string of the molecule is CCNC(CCN1CCC(C)C1CO)c1ccccc1C. The van der Waals surface area contributed by atoms with E-state index in [2.05, 4.69) is 55.3 Å². The van der Waals surface area contributed by atoms with Crippen molar-refractivity contribution in [2.45, 2.75) is 45.7 Å². The van der Waals surface area contributed by atoms with Crippen molar-refractivity contribution in [2.24, 2.45) is 5.92 Å². The van der Waals surface area contributed by atoms with Gasteiger partial charge in [-0.25, -0.2) is 0 Å². The van der Waals surface area contributed by atoms with Gasteiger partial charge >= 0.3 is 0 Å². The number of hydrogen-bond acceptors (Lipinski definition) is 3. The fourth-order valence-electron chi connectivity index (χ4n) is 3.55. The number of aryl methyl sites for hydroxylation is 1. The van der Waals surface area contributed by atoms with Gasteiger partial charge in [-0.2, -0.15) is 0 Å². The van der Waals surface area contributed by atoms with Gasteiger partial charge in [0.05, 0.1) is 6.61 Å². The number of hydrogen-bond donors (Lipinski definition) is 2. The largest absolute Gasteiger partial charge is 0.395 e. The summed E-state index contributed by atoms with van der Waals surface area (Å²) in [7, 11) is 0. The van der Waals surface area contributed by atoms with Crippen LogP contribution in [0, 0.1) is 12.8 Å². The second kappa shape index (κ2) is 7.92. The summed E-state index contributed by atoms with van der Waals surface area (Å²) in [4.78, 5) is 2.47. The zero-order valence-corrected chi connectivity index (χ0v) is 13.7. The van der Waals surface area contributed by atoms with Crippen LogP contribution in [0.1, 0.15) is 43.9 Å². The predicted octanol–water partition coefficient (Wildman–Crippen LogP) is 2.74. The van der Waals surface area contributed by atoms with E-state index in [-0.39, 0.29) is 6.61 Å². The number of nitrogens with zero attached hydrogens (tertiary/aromatic N) is 1. The molecule has 3 heteroatoms. The maximum atomic E-state index is 9.58. The minimum atomic E-state index is 0.289. The van der Waals surface area contributed by atoms with Crippen LogP contribution in [0.2, 0.25) is 0 Å². The van der Waals surface area contributed by atoms with Crippen LogP contribution in [0.4, 0.5) is 0 Å². The van der Waals surface area contributed by atoms with E-state index in [1.54, 1.807) is 0 Å². The maximum Gasteiger partial charge on any atom is 0.0589 e. The summed E-state index contributed by atoms with van der Waals surface area (Å²) in [6.45, 7) is 10.1. The number of aliphatic hydroxyl groups excluding tert-OH is 1. The molecule has 3 atom stereocenters. The number of likely N-dealkylation sites (tertiary alicyclic amines) is 1. The summed E-state index contributed by atoms with van der Waals surface area (Å²) in [6, 6.07) is 9.41. The lowest BCUT2D eigenvalue weighted by Gasteiger charge is -2.28.